The number of hydrogen-bond acceptors (Lipinski definition) is 2. The molecule has 0 atom stereocenters. The summed E-state index contributed by atoms with van der Waals surface area (Å²) < 4.78 is 1.95. The highest BCUT2D eigenvalue weighted by atomic mass is 16.1. The number of aromatic nitrogens is 2. The number of rotatable bonds is 2. The van der Waals surface area contributed by atoms with E-state index in [2.05, 4.69) is 10.4 Å². The largest absolute Gasteiger partial charge is 0.321 e. The van der Waals surface area contributed by atoms with Crippen molar-refractivity contribution < 1.29 is 4.79 Å². The van der Waals surface area contributed by atoms with Gasteiger partial charge in [0.1, 0.15) is 0 Å². The third-order valence-corrected chi connectivity index (χ3v) is 3.46. The lowest BCUT2D eigenvalue weighted by atomic mass is 10.1. The molecule has 0 saturated carbocycles. The minimum atomic E-state index is -0.134. The first-order valence-electron chi connectivity index (χ1n) is 6.67. The second-order valence-corrected chi connectivity index (χ2v) is 5.02. The van der Waals surface area contributed by atoms with Gasteiger partial charge in [0.2, 0.25) is 0 Å². The first-order valence-corrected chi connectivity index (χ1v) is 6.67. The predicted octanol–water partition coefficient (Wildman–Crippen LogP) is 2.78. The zero-order valence-corrected chi connectivity index (χ0v) is 11.0. The summed E-state index contributed by atoms with van der Waals surface area (Å²) >= 11 is 0. The number of aryl methyl sites for hydroxylation is 3. The molecule has 4 nitrogen and oxygen atoms in total. The zero-order valence-electron chi connectivity index (χ0n) is 11.0. The fraction of sp³-hybridized carbons (Fsp3) is 0.333. The molecule has 1 aliphatic rings. The van der Waals surface area contributed by atoms with Gasteiger partial charge >= 0.3 is 0 Å². The minimum Gasteiger partial charge on any atom is -0.321 e. The van der Waals surface area contributed by atoms with Crippen LogP contribution in [0.15, 0.2) is 30.3 Å². The molecule has 2 heterocycles. The predicted molar refractivity (Wildman–Crippen MR) is 74.3 cm³/mol. The SMILES string of the molecule is Cc1ccc(NC(=O)c2cc3n(n2)CCCC3)cc1. The van der Waals surface area contributed by atoms with Crippen LogP contribution >= 0.6 is 0 Å². The molecule has 19 heavy (non-hydrogen) atoms. The van der Waals surface area contributed by atoms with Crippen molar-refractivity contribution >= 4 is 11.6 Å². The van der Waals surface area contributed by atoms with E-state index < -0.39 is 0 Å². The highest BCUT2D eigenvalue weighted by Crippen LogP contribution is 2.16. The summed E-state index contributed by atoms with van der Waals surface area (Å²) in [6.45, 7) is 2.95. The molecule has 1 amide bonds. The summed E-state index contributed by atoms with van der Waals surface area (Å²) in [7, 11) is 0. The number of benzene rings is 1. The number of carbonyl (C=O) groups is 1. The van der Waals surface area contributed by atoms with Crippen LogP contribution in [0.3, 0.4) is 0 Å². The summed E-state index contributed by atoms with van der Waals surface area (Å²) in [5.41, 5.74) is 3.66. The van der Waals surface area contributed by atoms with E-state index in [4.69, 9.17) is 0 Å². The number of hydrogen-bond donors (Lipinski definition) is 1. The zero-order chi connectivity index (χ0) is 13.2. The molecule has 0 fully saturated rings. The molecule has 0 radical (unpaired) electrons. The van der Waals surface area contributed by atoms with Crippen molar-refractivity contribution in [3.8, 4) is 0 Å². The van der Waals surface area contributed by atoms with Crippen LogP contribution in [0.4, 0.5) is 5.69 Å². The van der Waals surface area contributed by atoms with E-state index >= 15 is 0 Å². The molecule has 0 saturated heterocycles. The summed E-state index contributed by atoms with van der Waals surface area (Å²) in [6, 6.07) is 9.68. The fourth-order valence-electron chi connectivity index (χ4n) is 2.36. The Hall–Kier alpha value is -2.10. The van der Waals surface area contributed by atoms with Gasteiger partial charge in [-0.05, 0) is 44.4 Å². The van der Waals surface area contributed by atoms with Crippen LogP contribution in [-0.4, -0.2) is 15.7 Å². The standard InChI is InChI=1S/C15H17N3O/c1-11-5-7-12(8-6-11)16-15(19)14-10-13-4-2-3-9-18(13)17-14/h5-8,10H,2-4,9H2,1H3,(H,16,19). The number of fused-ring (bicyclic) bond motifs is 1. The van der Waals surface area contributed by atoms with Crippen LogP contribution in [-0.2, 0) is 13.0 Å². The first-order chi connectivity index (χ1) is 9.22. The molecule has 1 aromatic heterocycles. The van der Waals surface area contributed by atoms with Gasteiger partial charge in [-0.3, -0.25) is 9.48 Å². The van der Waals surface area contributed by atoms with Gasteiger partial charge in [0.25, 0.3) is 5.91 Å². The summed E-state index contributed by atoms with van der Waals surface area (Å²) in [6.07, 6.45) is 3.35. The Morgan fingerprint density at radius 2 is 2.05 bits per heavy atom. The number of anilines is 1. The Labute approximate surface area is 112 Å². The summed E-state index contributed by atoms with van der Waals surface area (Å²) in [5, 5.41) is 7.25. The Morgan fingerprint density at radius 1 is 1.26 bits per heavy atom. The van der Waals surface area contributed by atoms with E-state index in [1.54, 1.807) is 0 Å². The van der Waals surface area contributed by atoms with Crippen LogP contribution in [0, 0.1) is 6.92 Å². The number of nitrogens with one attached hydrogen (secondary N) is 1. The topological polar surface area (TPSA) is 46.9 Å². The summed E-state index contributed by atoms with van der Waals surface area (Å²) in [4.78, 5) is 12.1. The Kier molecular flexibility index (Phi) is 3.07. The van der Waals surface area contributed by atoms with Crippen LogP contribution in [0.5, 0.6) is 0 Å². The highest BCUT2D eigenvalue weighted by Gasteiger charge is 2.16. The van der Waals surface area contributed by atoms with Crippen LogP contribution < -0.4 is 5.32 Å². The Balaban J connectivity index is 1.76. The van der Waals surface area contributed by atoms with Gasteiger partial charge in [-0.1, -0.05) is 17.7 Å². The average molecular weight is 255 g/mol. The number of carbonyl (C=O) groups excluding carboxylic acids is 1. The van der Waals surface area contributed by atoms with E-state index in [1.807, 2.05) is 41.9 Å². The molecule has 0 bridgehead atoms. The van der Waals surface area contributed by atoms with Crippen molar-refractivity contribution in [1.82, 2.24) is 9.78 Å². The monoisotopic (exact) mass is 255 g/mol. The molecule has 1 aromatic carbocycles. The smallest absolute Gasteiger partial charge is 0.276 e. The van der Waals surface area contributed by atoms with E-state index in [0.717, 1.165) is 25.1 Å². The van der Waals surface area contributed by atoms with Crippen LogP contribution in [0.1, 0.15) is 34.6 Å². The maximum absolute atomic E-state index is 12.1. The summed E-state index contributed by atoms with van der Waals surface area (Å²) in [5.74, 6) is -0.134. The van der Waals surface area contributed by atoms with Crippen LogP contribution in [0.2, 0.25) is 0 Å². The lowest BCUT2D eigenvalue weighted by Gasteiger charge is -2.11. The number of amides is 1. The maximum Gasteiger partial charge on any atom is 0.276 e. The van der Waals surface area contributed by atoms with E-state index in [-0.39, 0.29) is 5.91 Å². The van der Waals surface area contributed by atoms with Gasteiger partial charge in [0.05, 0.1) is 0 Å². The lowest BCUT2D eigenvalue weighted by Crippen LogP contribution is -2.14. The third-order valence-electron chi connectivity index (χ3n) is 3.46. The second-order valence-electron chi connectivity index (χ2n) is 5.02. The van der Waals surface area contributed by atoms with Crippen molar-refractivity contribution in [2.45, 2.75) is 32.7 Å². The van der Waals surface area contributed by atoms with Crippen molar-refractivity contribution in [3.05, 3.63) is 47.3 Å². The minimum absolute atomic E-state index is 0.134. The second kappa shape index (κ2) is 4.88. The third kappa shape index (κ3) is 2.52. The molecule has 2 aromatic rings. The van der Waals surface area contributed by atoms with Gasteiger partial charge in [-0.25, -0.2) is 0 Å². The van der Waals surface area contributed by atoms with Gasteiger partial charge in [-0.15, -0.1) is 0 Å². The van der Waals surface area contributed by atoms with E-state index in [0.29, 0.717) is 5.69 Å². The van der Waals surface area contributed by atoms with E-state index in [1.165, 1.54) is 17.7 Å². The maximum atomic E-state index is 12.1. The molecule has 98 valence electrons. The molecule has 0 aliphatic carbocycles. The van der Waals surface area contributed by atoms with Crippen molar-refractivity contribution in [3.63, 3.8) is 0 Å². The first kappa shape index (κ1) is 12.0. The molecule has 3 rings (SSSR count). The molecule has 1 N–H and O–H groups in total. The normalized spacial score (nSPS) is 13.9. The van der Waals surface area contributed by atoms with E-state index in [9.17, 15) is 4.79 Å². The highest BCUT2D eigenvalue weighted by molar-refractivity contribution is 6.02. The average Bonchev–Trinajstić information content (AvgIpc) is 2.85. The number of nitrogens with zero attached hydrogens (tertiary/aromatic N) is 2. The van der Waals surface area contributed by atoms with Gasteiger partial charge in [0.15, 0.2) is 5.69 Å². The van der Waals surface area contributed by atoms with Crippen molar-refractivity contribution in [1.29, 1.82) is 0 Å². The molecule has 0 spiro atoms. The van der Waals surface area contributed by atoms with Gasteiger partial charge in [-0.2, -0.15) is 5.10 Å². The molecular formula is C15H17N3O. The quantitative estimate of drug-likeness (QED) is 0.897. The Morgan fingerprint density at radius 3 is 2.79 bits per heavy atom. The molecule has 0 unspecified atom stereocenters. The Bertz CT molecular complexity index is 575. The van der Waals surface area contributed by atoms with Gasteiger partial charge < -0.3 is 5.32 Å². The van der Waals surface area contributed by atoms with Crippen LogP contribution in [0.25, 0.3) is 0 Å². The van der Waals surface area contributed by atoms with Crippen molar-refractivity contribution in [2.75, 3.05) is 5.32 Å². The molecule has 4 heteroatoms. The van der Waals surface area contributed by atoms with Crippen molar-refractivity contribution in [2.24, 2.45) is 0 Å². The fourth-order valence-corrected chi connectivity index (χ4v) is 2.36. The lowest BCUT2D eigenvalue weighted by molar-refractivity contribution is 0.102. The molecule has 1 aliphatic heterocycles. The molecular weight excluding hydrogens is 238 g/mol. The van der Waals surface area contributed by atoms with Gasteiger partial charge in [0, 0.05) is 17.9 Å².